The van der Waals surface area contributed by atoms with E-state index in [4.69, 9.17) is 4.74 Å². The lowest BCUT2D eigenvalue weighted by Gasteiger charge is -2.33. The van der Waals surface area contributed by atoms with Crippen LogP contribution in [0.5, 0.6) is 0 Å². The molecule has 0 aromatic rings. The quantitative estimate of drug-likeness (QED) is 0.558. The molecule has 2 aliphatic rings. The first-order valence-electron chi connectivity index (χ1n) is 4.48. The average Bonchev–Trinajstić information content (AvgIpc) is 2.41. The highest BCUT2D eigenvalue weighted by molar-refractivity contribution is 7.83. The zero-order chi connectivity index (χ0) is 10.3. The highest BCUT2D eigenvalue weighted by Gasteiger charge is 2.42. The molecule has 14 heavy (non-hydrogen) atoms. The number of fused-ring (bicyclic) bond motifs is 2. The molecule has 2 fully saturated rings. The van der Waals surface area contributed by atoms with Gasteiger partial charge in [0.2, 0.25) is 0 Å². The Morgan fingerprint density at radius 2 is 2.14 bits per heavy atom. The van der Waals surface area contributed by atoms with E-state index in [1.54, 1.807) is 0 Å². The molecule has 1 aliphatic heterocycles. The van der Waals surface area contributed by atoms with Crippen LogP contribution >= 0.6 is 0 Å². The van der Waals surface area contributed by atoms with Crippen LogP contribution < -0.4 is 4.72 Å². The third kappa shape index (κ3) is 2.06. The lowest BCUT2D eigenvalue weighted by atomic mass is 9.85. The summed E-state index contributed by atoms with van der Waals surface area (Å²) in [5.74, 6) is 0.294. The Balaban J connectivity index is 2.09. The molecule has 1 aliphatic carbocycles. The van der Waals surface area contributed by atoms with Crippen molar-refractivity contribution in [3.8, 4) is 0 Å². The van der Waals surface area contributed by atoms with Gasteiger partial charge < -0.3 is 14.4 Å². The molecule has 1 heterocycles. The van der Waals surface area contributed by atoms with Crippen molar-refractivity contribution in [3.63, 3.8) is 0 Å². The highest BCUT2D eigenvalue weighted by atomic mass is 32.2. The highest BCUT2D eigenvalue weighted by Crippen LogP contribution is 2.33. The summed E-state index contributed by atoms with van der Waals surface area (Å²) in [6.07, 6.45) is 0.0333. The van der Waals surface area contributed by atoms with Gasteiger partial charge in [-0.25, -0.2) is 13.1 Å². The maximum absolute atomic E-state index is 10.5. The molecular formula is C7H12NO5S-. The predicted molar refractivity (Wildman–Crippen MR) is 45.1 cm³/mol. The van der Waals surface area contributed by atoms with Crippen molar-refractivity contribution < 1.29 is 22.8 Å². The summed E-state index contributed by atoms with van der Waals surface area (Å²) < 4.78 is 38.6. The van der Waals surface area contributed by atoms with Crippen LogP contribution in [-0.2, 0) is 15.0 Å². The van der Waals surface area contributed by atoms with Crippen LogP contribution in [0.15, 0.2) is 0 Å². The van der Waals surface area contributed by atoms with E-state index in [0.29, 0.717) is 25.4 Å². The molecule has 0 spiro atoms. The summed E-state index contributed by atoms with van der Waals surface area (Å²) in [5.41, 5.74) is 0. The molecular weight excluding hydrogens is 210 g/mol. The maximum Gasteiger partial charge on any atom is 0.159 e. The zero-order valence-electron chi connectivity index (χ0n) is 7.42. The number of hydrogen-bond acceptors (Lipinski definition) is 5. The van der Waals surface area contributed by atoms with Crippen molar-refractivity contribution >= 4 is 10.3 Å². The van der Waals surface area contributed by atoms with E-state index in [2.05, 4.69) is 0 Å². The van der Waals surface area contributed by atoms with E-state index in [-0.39, 0.29) is 6.10 Å². The maximum atomic E-state index is 10.5. The summed E-state index contributed by atoms with van der Waals surface area (Å²) in [7, 11) is -4.52. The third-order valence-corrected chi connectivity index (χ3v) is 3.34. The molecule has 0 aromatic heterocycles. The minimum atomic E-state index is -4.52. The van der Waals surface area contributed by atoms with Gasteiger partial charge in [0, 0.05) is 0 Å². The van der Waals surface area contributed by atoms with Crippen LogP contribution in [0.25, 0.3) is 0 Å². The molecule has 1 saturated heterocycles. The van der Waals surface area contributed by atoms with Crippen LogP contribution in [0, 0.1) is 5.92 Å². The van der Waals surface area contributed by atoms with Crippen LogP contribution in [0.1, 0.15) is 12.8 Å². The van der Waals surface area contributed by atoms with E-state index < -0.39 is 22.4 Å². The van der Waals surface area contributed by atoms with Gasteiger partial charge in [-0.1, -0.05) is 0 Å². The number of rotatable bonds is 2. The van der Waals surface area contributed by atoms with Gasteiger partial charge >= 0.3 is 0 Å². The Morgan fingerprint density at radius 1 is 1.43 bits per heavy atom. The molecule has 0 amide bonds. The number of aliphatic hydroxyl groups is 1. The first-order chi connectivity index (χ1) is 6.46. The number of aliphatic hydroxyl groups excluding tert-OH is 1. The van der Waals surface area contributed by atoms with Crippen molar-refractivity contribution in [2.75, 3.05) is 6.61 Å². The van der Waals surface area contributed by atoms with Crippen molar-refractivity contribution in [2.45, 2.75) is 31.1 Å². The topological polar surface area (TPSA) is 98.7 Å². The molecule has 0 aromatic carbocycles. The predicted octanol–water partition coefficient (Wildman–Crippen LogP) is -1.43. The van der Waals surface area contributed by atoms with Crippen molar-refractivity contribution in [2.24, 2.45) is 5.92 Å². The van der Waals surface area contributed by atoms with Crippen molar-refractivity contribution in [3.05, 3.63) is 0 Å². The van der Waals surface area contributed by atoms with Gasteiger partial charge in [0.15, 0.2) is 10.3 Å². The molecule has 0 radical (unpaired) electrons. The van der Waals surface area contributed by atoms with E-state index >= 15 is 0 Å². The molecule has 7 heteroatoms. The molecule has 6 nitrogen and oxygen atoms in total. The van der Waals surface area contributed by atoms with E-state index in [1.807, 2.05) is 4.72 Å². The fraction of sp³-hybridized carbons (Fsp3) is 1.00. The van der Waals surface area contributed by atoms with Crippen LogP contribution in [0.4, 0.5) is 0 Å². The van der Waals surface area contributed by atoms with Gasteiger partial charge in [0.05, 0.1) is 24.9 Å². The summed E-state index contributed by atoms with van der Waals surface area (Å²) in [6, 6.07) is -0.781. The minimum Gasteiger partial charge on any atom is -0.735 e. The summed E-state index contributed by atoms with van der Waals surface area (Å²) in [4.78, 5) is 0. The Kier molecular flexibility index (Phi) is 2.52. The SMILES string of the molecule is O=S(=O)([O-])NC1[C@H](O)CC2CO[C@@H]1C2. The number of nitrogens with one attached hydrogen (secondary N) is 1. The van der Waals surface area contributed by atoms with Gasteiger partial charge in [-0.05, 0) is 18.8 Å². The first-order valence-corrected chi connectivity index (χ1v) is 5.89. The van der Waals surface area contributed by atoms with Gasteiger partial charge in [0.25, 0.3) is 0 Å². The van der Waals surface area contributed by atoms with E-state index in [0.717, 1.165) is 0 Å². The van der Waals surface area contributed by atoms with Gasteiger partial charge in [-0.3, -0.25) is 0 Å². The van der Waals surface area contributed by atoms with E-state index in [9.17, 15) is 18.1 Å². The standard InChI is InChI=1S/C7H13NO5S/c9-5-1-4-2-6(13-3-4)7(5)8-14(10,11)12/h4-9H,1-3H2,(H,10,11,12)/p-1/t4?,5-,6-,7?/m1/s1. The Hall–Kier alpha value is -0.210. The van der Waals surface area contributed by atoms with E-state index in [1.165, 1.54) is 0 Å². The van der Waals surface area contributed by atoms with Crippen LogP contribution in [-0.4, -0.2) is 42.9 Å². The summed E-state index contributed by atoms with van der Waals surface area (Å²) in [5, 5.41) is 9.57. The zero-order valence-corrected chi connectivity index (χ0v) is 8.24. The molecule has 2 N–H and O–H groups in total. The van der Waals surface area contributed by atoms with Crippen molar-refractivity contribution in [1.29, 1.82) is 0 Å². The fourth-order valence-electron chi connectivity index (χ4n) is 2.20. The molecule has 4 atom stereocenters. The Morgan fingerprint density at radius 3 is 2.79 bits per heavy atom. The average molecular weight is 222 g/mol. The lowest BCUT2D eigenvalue weighted by molar-refractivity contribution is 0.0271. The van der Waals surface area contributed by atoms with Gasteiger partial charge in [-0.15, -0.1) is 0 Å². The minimum absolute atomic E-state index is 0.294. The fourth-order valence-corrected chi connectivity index (χ4v) is 2.84. The number of hydrogen-bond donors (Lipinski definition) is 2. The normalized spacial score (nSPS) is 42.7. The molecule has 82 valence electrons. The molecule has 2 unspecified atom stereocenters. The third-order valence-electron chi connectivity index (χ3n) is 2.78. The lowest BCUT2D eigenvalue weighted by Crippen LogP contribution is -2.52. The van der Waals surface area contributed by atoms with Gasteiger partial charge in [0.1, 0.15) is 0 Å². The smallest absolute Gasteiger partial charge is 0.159 e. The number of ether oxygens (including phenoxy) is 1. The first kappa shape index (κ1) is 10.3. The Bertz CT molecular complexity index is 316. The van der Waals surface area contributed by atoms with Gasteiger partial charge in [-0.2, -0.15) is 0 Å². The summed E-state index contributed by atoms with van der Waals surface area (Å²) in [6.45, 7) is 0.540. The monoisotopic (exact) mass is 222 g/mol. The second-order valence-corrected chi connectivity index (χ2v) is 5.02. The Labute approximate surface area is 82.1 Å². The molecule has 1 saturated carbocycles. The molecule has 2 rings (SSSR count). The largest absolute Gasteiger partial charge is 0.735 e. The second-order valence-electron chi connectivity index (χ2n) is 3.87. The van der Waals surface area contributed by atoms with Crippen LogP contribution in [0.3, 0.4) is 0 Å². The molecule has 2 bridgehead atoms. The van der Waals surface area contributed by atoms with Crippen LogP contribution in [0.2, 0.25) is 0 Å². The van der Waals surface area contributed by atoms with Crippen molar-refractivity contribution in [1.82, 2.24) is 4.72 Å². The summed E-state index contributed by atoms with van der Waals surface area (Å²) >= 11 is 0. The second kappa shape index (κ2) is 3.42.